The van der Waals surface area contributed by atoms with Gasteiger partial charge in [-0.25, -0.2) is 0 Å². The maximum Gasteiger partial charge on any atom is 0.119 e. The average Bonchev–Trinajstić information content (AvgIpc) is 2.30. The van der Waals surface area contributed by atoms with Gasteiger partial charge in [0, 0.05) is 12.2 Å². The van der Waals surface area contributed by atoms with Crippen LogP contribution in [0.15, 0.2) is 35.9 Å². The normalized spacial score (nSPS) is 22.1. The maximum absolute atomic E-state index is 9.31. The Bertz CT molecular complexity index is 383. The number of ether oxygens (including phenoxy) is 1. The largest absolute Gasteiger partial charge is 0.497 e. The molecule has 0 aliphatic carbocycles. The molecule has 1 aromatic rings. The SMILES string of the molecule is C/C=C1/CN(c2ccc(OC)cc2)C1CO. The van der Waals surface area contributed by atoms with Gasteiger partial charge in [-0.05, 0) is 36.8 Å². The van der Waals surface area contributed by atoms with Gasteiger partial charge < -0.3 is 14.7 Å². The third-order valence-corrected chi connectivity index (χ3v) is 3.10. The van der Waals surface area contributed by atoms with E-state index < -0.39 is 0 Å². The molecule has 0 aromatic heterocycles. The molecule has 0 amide bonds. The van der Waals surface area contributed by atoms with Gasteiger partial charge in [-0.2, -0.15) is 0 Å². The summed E-state index contributed by atoms with van der Waals surface area (Å²) in [6, 6.07) is 8.08. The highest BCUT2D eigenvalue weighted by Crippen LogP contribution is 2.31. The zero-order valence-electron chi connectivity index (χ0n) is 9.68. The lowest BCUT2D eigenvalue weighted by molar-refractivity contribution is 0.258. The molecule has 86 valence electrons. The Labute approximate surface area is 96.0 Å². The standard InChI is InChI=1S/C13H17NO2/c1-3-10-8-14(13(10)9-15)11-4-6-12(16-2)7-5-11/h3-7,13,15H,8-9H2,1-2H3/b10-3-. The second-order valence-corrected chi connectivity index (χ2v) is 3.89. The molecule has 1 aliphatic heterocycles. The van der Waals surface area contributed by atoms with E-state index in [2.05, 4.69) is 11.0 Å². The minimum Gasteiger partial charge on any atom is -0.497 e. The smallest absolute Gasteiger partial charge is 0.119 e. The third-order valence-electron chi connectivity index (χ3n) is 3.10. The molecule has 1 heterocycles. The summed E-state index contributed by atoms with van der Waals surface area (Å²) in [5.74, 6) is 0.857. The van der Waals surface area contributed by atoms with Crippen molar-refractivity contribution in [2.75, 3.05) is 25.2 Å². The van der Waals surface area contributed by atoms with Crippen LogP contribution in [-0.4, -0.2) is 31.4 Å². The van der Waals surface area contributed by atoms with Crippen LogP contribution in [0.2, 0.25) is 0 Å². The van der Waals surface area contributed by atoms with Crippen molar-refractivity contribution in [3.05, 3.63) is 35.9 Å². The van der Waals surface area contributed by atoms with Crippen LogP contribution in [0.5, 0.6) is 5.75 Å². The summed E-state index contributed by atoms with van der Waals surface area (Å²) in [5, 5.41) is 9.31. The number of allylic oxidation sites excluding steroid dienone is 1. The van der Waals surface area contributed by atoms with Gasteiger partial charge in [0.2, 0.25) is 0 Å². The quantitative estimate of drug-likeness (QED) is 0.787. The second-order valence-electron chi connectivity index (χ2n) is 3.89. The molecular formula is C13H17NO2. The number of nitrogens with zero attached hydrogens (tertiary/aromatic N) is 1. The van der Waals surface area contributed by atoms with E-state index in [1.165, 1.54) is 5.57 Å². The first kappa shape index (κ1) is 11.0. The lowest BCUT2D eigenvalue weighted by Crippen LogP contribution is -2.52. The molecule has 1 aromatic carbocycles. The molecule has 0 bridgehead atoms. The summed E-state index contributed by atoms with van der Waals surface area (Å²) in [5.41, 5.74) is 2.43. The van der Waals surface area contributed by atoms with E-state index in [9.17, 15) is 5.11 Å². The second kappa shape index (κ2) is 4.58. The van der Waals surface area contributed by atoms with Gasteiger partial charge in [-0.1, -0.05) is 6.08 Å². The highest BCUT2D eigenvalue weighted by atomic mass is 16.5. The molecule has 1 fully saturated rings. The number of hydrogen-bond donors (Lipinski definition) is 1. The fourth-order valence-corrected chi connectivity index (χ4v) is 2.04. The Morgan fingerprint density at radius 2 is 2.12 bits per heavy atom. The maximum atomic E-state index is 9.31. The summed E-state index contributed by atoms with van der Waals surface area (Å²) < 4.78 is 5.12. The Morgan fingerprint density at radius 3 is 2.62 bits per heavy atom. The Kier molecular flexibility index (Phi) is 3.15. The van der Waals surface area contributed by atoms with Gasteiger partial charge in [0.1, 0.15) is 5.75 Å². The molecule has 3 heteroatoms. The predicted molar refractivity (Wildman–Crippen MR) is 65.0 cm³/mol. The molecule has 3 nitrogen and oxygen atoms in total. The van der Waals surface area contributed by atoms with Gasteiger partial charge in [-0.15, -0.1) is 0 Å². The first-order valence-electron chi connectivity index (χ1n) is 5.46. The predicted octanol–water partition coefficient (Wildman–Crippen LogP) is 1.82. The zero-order valence-corrected chi connectivity index (χ0v) is 9.68. The summed E-state index contributed by atoms with van der Waals surface area (Å²) in [6.45, 7) is 3.10. The molecule has 2 rings (SSSR count). The van der Waals surface area contributed by atoms with E-state index in [1.54, 1.807) is 7.11 Å². The van der Waals surface area contributed by atoms with Crippen molar-refractivity contribution in [1.82, 2.24) is 0 Å². The molecule has 1 saturated heterocycles. The number of hydrogen-bond acceptors (Lipinski definition) is 3. The van der Waals surface area contributed by atoms with E-state index in [1.807, 2.05) is 31.2 Å². The van der Waals surface area contributed by atoms with E-state index >= 15 is 0 Å². The Balaban J connectivity index is 2.13. The monoisotopic (exact) mass is 219 g/mol. The van der Waals surface area contributed by atoms with Crippen LogP contribution in [0.25, 0.3) is 0 Å². The summed E-state index contributed by atoms with van der Waals surface area (Å²) in [4.78, 5) is 2.19. The highest BCUT2D eigenvalue weighted by molar-refractivity contribution is 5.57. The van der Waals surface area contributed by atoms with Crippen LogP contribution < -0.4 is 9.64 Å². The van der Waals surface area contributed by atoms with Crippen molar-refractivity contribution in [2.24, 2.45) is 0 Å². The fraction of sp³-hybridized carbons (Fsp3) is 0.385. The van der Waals surface area contributed by atoms with Crippen molar-refractivity contribution < 1.29 is 9.84 Å². The van der Waals surface area contributed by atoms with Gasteiger partial charge in [-0.3, -0.25) is 0 Å². The van der Waals surface area contributed by atoms with Crippen LogP contribution in [0.3, 0.4) is 0 Å². The van der Waals surface area contributed by atoms with Crippen LogP contribution in [-0.2, 0) is 0 Å². The third kappa shape index (κ3) is 1.78. The Morgan fingerprint density at radius 1 is 1.44 bits per heavy atom. The van der Waals surface area contributed by atoms with Crippen molar-refractivity contribution in [1.29, 1.82) is 0 Å². The topological polar surface area (TPSA) is 32.7 Å². The van der Waals surface area contributed by atoms with E-state index in [0.29, 0.717) is 0 Å². The van der Waals surface area contributed by atoms with Gasteiger partial charge >= 0.3 is 0 Å². The van der Waals surface area contributed by atoms with Gasteiger partial charge in [0.25, 0.3) is 0 Å². The summed E-state index contributed by atoms with van der Waals surface area (Å²) in [6.07, 6.45) is 2.08. The van der Waals surface area contributed by atoms with Crippen LogP contribution in [0, 0.1) is 0 Å². The molecule has 1 aliphatic rings. The molecule has 1 N–H and O–H groups in total. The fourth-order valence-electron chi connectivity index (χ4n) is 2.04. The number of rotatable bonds is 3. The first-order chi connectivity index (χ1) is 7.80. The number of anilines is 1. The van der Waals surface area contributed by atoms with Crippen LogP contribution >= 0.6 is 0 Å². The molecule has 16 heavy (non-hydrogen) atoms. The number of aliphatic hydroxyl groups is 1. The van der Waals surface area contributed by atoms with Crippen molar-refractivity contribution in [2.45, 2.75) is 13.0 Å². The lowest BCUT2D eigenvalue weighted by Gasteiger charge is -2.44. The summed E-state index contributed by atoms with van der Waals surface area (Å²) in [7, 11) is 1.66. The number of methoxy groups -OCH3 is 1. The Hall–Kier alpha value is -1.48. The highest BCUT2D eigenvalue weighted by Gasteiger charge is 2.32. The lowest BCUT2D eigenvalue weighted by atomic mass is 9.95. The molecule has 1 unspecified atom stereocenters. The van der Waals surface area contributed by atoms with E-state index in [-0.39, 0.29) is 12.6 Å². The molecule has 0 spiro atoms. The summed E-state index contributed by atoms with van der Waals surface area (Å²) >= 11 is 0. The average molecular weight is 219 g/mol. The molecule has 0 saturated carbocycles. The van der Waals surface area contributed by atoms with Crippen LogP contribution in [0.4, 0.5) is 5.69 Å². The molecular weight excluding hydrogens is 202 g/mol. The van der Waals surface area contributed by atoms with Crippen molar-refractivity contribution in [3.8, 4) is 5.75 Å². The number of benzene rings is 1. The zero-order chi connectivity index (χ0) is 11.5. The van der Waals surface area contributed by atoms with E-state index in [0.717, 1.165) is 18.0 Å². The minimum atomic E-state index is 0.151. The van der Waals surface area contributed by atoms with Crippen LogP contribution in [0.1, 0.15) is 6.92 Å². The minimum absolute atomic E-state index is 0.151. The molecule has 1 atom stereocenters. The number of aliphatic hydroxyl groups excluding tert-OH is 1. The first-order valence-corrected chi connectivity index (χ1v) is 5.46. The van der Waals surface area contributed by atoms with Gasteiger partial charge in [0.15, 0.2) is 0 Å². The molecule has 0 radical (unpaired) electrons. The van der Waals surface area contributed by atoms with E-state index in [4.69, 9.17) is 4.74 Å². The van der Waals surface area contributed by atoms with Gasteiger partial charge in [0.05, 0.1) is 19.8 Å². The van der Waals surface area contributed by atoms with Crippen molar-refractivity contribution in [3.63, 3.8) is 0 Å². The van der Waals surface area contributed by atoms with Crippen molar-refractivity contribution >= 4 is 5.69 Å².